The third-order valence-electron chi connectivity index (χ3n) is 3.31. The van der Waals surface area contributed by atoms with Crippen LogP contribution in [0.4, 0.5) is 19.1 Å². The van der Waals surface area contributed by atoms with Crippen LogP contribution in [0.25, 0.3) is 0 Å². The number of alkyl halides is 3. The molecular formula is C16H16ClF3N4O3. The molecule has 0 saturated carbocycles. The summed E-state index contributed by atoms with van der Waals surface area (Å²) < 4.78 is 37.4. The Morgan fingerprint density at radius 1 is 1.33 bits per heavy atom. The van der Waals surface area contributed by atoms with Crippen molar-refractivity contribution in [2.75, 3.05) is 18.4 Å². The van der Waals surface area contributed by atoms with Crippen LogP contribution >= 0.6 is 11.6 Å². The average molecular weight is 405 g/mol. The summed E-state index contributed by atoms with van der Waals surface area (Å²) in [4.78, 5) is 17.4. The molecule has 1 unspecified atom stereocenters. The number of benzene rings is 1. The fourth-order valence-corrected chi connectivity index (χ4v) is 2.18. The molecule has 0 bridgehead atoms. The highest BCUT2D eigenvalue weighted by Crippen LogP contribution is 2.27. The van der Waals surface area contributed by atoms with Gasteiger partial charge in [-0.1, -0.05) is 29.8 Å². The van der Waals surface area contributed by atoms with Gasteiger partial charge in [0.15, 0.2) is 0 Å². The van der Waals surface area contributed by atoms with E-state index in [9.17, 15) is 13.2 Å². The van der Waals surface area contributed by atoms with Gasteiger partial charge in [0.2, 0.25) is 11.8 Å². The maximum atomic E-state index is 10.6. The lowest BCUT2D eigenvalue weighted by atomic mass is 10.3. The molecule has 3 N–H and O–H groups in total. The normalized spacial score (nSPS) is 16.2. The van der Waals surface area contributed by atoms with E-state index in [4.69, 9.17) is 26.2 Å². The number of carboxylic acids is 1. The van der Waals surface area contributed by atoms with E-state index in [0.717, 1.165) is 19.5 Å². The molecule has 2 aromatic rings. The fraction of sp³-hybridized carbons (Fsp3) is 0.312. The minimum absolute atomic E-state index is 0.348. The monoisotopic (exact) mass is 404 g/mol. The lowest BCUT2D eigenvalue weighted by Crippen LogP contribution is -2.23. The molecule has 1 aliphatic heterocycles. The van der Waals surface area contributed by atoms with Crippen LogP contribution in [0, 0.1) is 0 Å². The van der Waals surface area contributed by atoms with Crippen LogP contribution in [0.15, 0.2) is 36.5 Å². The van der Waals surface area contributed by atoms with Gasteiger partial charge in [-0.25, -0.2) is 9.78 Å². The molecule has 11 heteroatoms. The summed E-state index contributed by atoms with van der Waals surface area (Å²) in [5, 5.41) is 14.1. The van der Waals surface area contributed by atoms with Crippen molar-refractivity contribution in [1.29, 1.82) is 0 Å². The van der Waals surface area contributed by atoms with Gasteiger partial charge in [0.25, 0.3) is 0 Å². The predicted octanol–water partition coefficient (Wildman–Crippen LogP) is 3.33. The summed E-state index contributed by atoms with van der Waals surface area (Å²) >= 11 is 6.07. The molecule has 146 valence electrons. The standard InChI is InChI=1S/C14H15ClN4O.C2HF3O2/c15-12-9-17-14(18-10-6-7-16-8-10)19-13(12)20-11-4-2-1-3-5-11;3-2(4,5)1(6)7/h1-5,9-10,16H,6-8H2,(H,17,18,19);(H,6,7). The number of ether oxygens (including phenoxy) is 1. The topological polar surface area (TPSA) is 96.4 Å². The summed E-state index contributed by atoms with van der Waals surface area (Å²) in [6, 6.07) is 9.77. The quantitative estimate of drug-likeness (QED) is 0.719. The number of nitrogens with zero attached hydrogens (tertiary/aromatic N) is 2. The van der Waals surface area contributed by atoms with Gasteiger partial charge in [0.05, 0.1) is 6.20 Å². The number of aromatic nitrogens is 2. The second-order valence-corrected chi connectivity index (χ2v) is 5.81. The smallest absolute Gasteiger partial charge is 0.475 e. The first-order valence-electron chi connectivity index (χ1n) is 7.78. The van der Waals surface area contributed by atoms with Gasteiger partial charge in [-0.15, -0.1) is 0 Å². The average Bonchev–Trinajstić information content (AvgIpc) is 3.11. The molecule has 1 atom stereocenters. The minimum atomic E-state index is -5.08. The molecule has 1 aromatic carbocycles. The number of carboxylic acid groups (broad SMARTS) is 1. The van der Waals surface area contributed by atoms with Crippen LogP contribution in [0.5, 0.6) is 11.6 Å². The minimum Gasteiger partial charge on any atom is -0.475 e. The second kappa shape index (κ2) is 9.38. The highest BCUT2D eigenvalue weighted by molar-refractivity contribution is 6.31. The number of para-hydroxylation sites is 1. The van der Waals surface area contributed by atoms with Crippen molar-refractivity contribution >= 4 is 23.5 Å². The number of anilines is 1. The summed E-state index contributed by atoms with van der Waals surface area (Å²) in [5.41, 5.74) is 0. The Morgan fingerprint density at radius 2 is 2.00 bits per heavy atom. The van der Waals surface area contributed by atoms with E-state index in [0.29, 0.717) is 28.6 Å². The molecular weight excluding hydrogens is 389 g/mol. The third kappa shape index (κ3) is 6.91. The number of hydrogen-bond donors (Lipinski definition) is 3. The molecule has 0 aliphatic carbocycles. The Hall–Kier alpha value is -2.59. The first kappa shape index (κ1) is 20.7. The molecule has 7 nitrogen and oxygen atoms in total. The number of nitrogens with one attached hydrogen (secondary N) is 2. The molecule has 1 aliphatic rings. The van der Waals surface area contributed by atoms with Crippen LogP contribution in [0.3, 0.4) is 0 Å². The Balaban J connectivity index is 0.000000321. The van der Waals surface area contributed by atoms with Gasteiger partial charge in [-0.2, -0.15) is 18.2 Å². The molecule has 1 saturated heterocycles. The van der Waals surface area contributed by atoms with Gasteiger partial charge in [0.1, 0.15) is 10.8 Å². The van der Waals surface area contributed by atoms with Crippen molar-refractivity contribution in [1.82, 2.24) is 15.3 Å². The van der Waals surface area contributed by atoms with E-state index in [-0.39, 0.29) is 0 Å². The molecule has 2 heterocycles. The summed E-state index contributed by atoms with van der Waals surface area (Å²) in [7, 11) is 0. The van der Waals surface area contributed by atoms with E-state index in [1.807, 2.05) is 30.3 Å². The highest BCUT2D eigenvalue weighted by atomic mass is 35.5. The van der Waals surface area contributed by atoms with Gasteiger partial charge < -0.3 is 20.5 Å². The van der Waals surface area contributed by atoms with Crippen molar-refractivity contribution in [2.45, 2.75) is 18.6 Å². The Morgan fingerprint density at radius 3 is 2.56 bits per heavy atom. The van der Waals surface area contributed by atoms with Crippen LogP contribution < -0.4 is 15.4 Å². The Labute approximate surface area is 157 Å². The number of carbonyl (C=O) groups is 1. The summed E-state index contributed by atoms with van der Waals surface area (Å²) in [6.07, 6.45) is -2.47. The molecule has 1 fully saturated rings. The number of rotatable bonds is 4. The first-order chi connectivity index (χ1) is 12.8. The summed E-state index contributed by atoms with van der Waals surface area (Å²) in [6.45, 7) is 1.93. The van der Waals surface area contributed by atoms with Gasteiger partial charge in [0, 0.05) is 12.6 Å². The van der Waals surface area contributed by atoms with Gasteiger partial charge in [-0.3, -0.25) is 0 Å². The van der Waals surface area contributed by atoms with Crippen molar-refractivity contribution in [3.63, 3.8) is 0 Å². The molecule has 0 radical (unpaired) electrons. The predicted molar refractivity (Wildman–Crippen MR) is 92.1 cm³/mol. The zero-order chi connectivity index (χ0) is 19.9. The number of halogens is 4. The van der Waals surface area contributed by atoms with Crippen LogP contribution in [0.2, 0.25) is 5.02 Å². The molecule has 3 rings (SSSR count). The van der Waals surface area contributed by atoms with E-state index < -0.39 is 12.1 Å². The Bertz CT molecular complexity index is 756. The van der Waals surface area contributed by atoms with Gasteiger partial charge in [-0.05, 0) is 25.1 Å². The summed E-state index contributed by atoms with van der Waals surface area (Å²) in [5.74, 6) is -1.16. The van der Waals surface area contributed by atoms with E-state index in [1.165, 1.54) is 0 Å². The zero-order valence-electron chi connectivity index (χ0n) is 13.8. The van der Waals surface area contributed by atoms with E-state index in [1.54, 1.807) is 6.20 Å². The maximum absolute atomic E-state index is 10.6. The third-order valence-corrected chi connectivity index (χ3v) is 3.56. The van der Waals surface area contributed by atoms with Crippen LogP contribution in [-0.2, 0) is 4.79 Å². The zero-order valence-corrected chi connectivity index (χ0v) is 14.6. The maximum Gasteiger partial charge on any atom is 0.490 e. The SMILES string of the molecule is Clc1cnc(NC2CCNC2)nc1Oc1ccccc1.O=C(O)C(F)(F)F. The molecule has 0 amide bonds. The number of hydrogen-bond acceptors (Lipinski definition) is 6. The molecule has 27 heavy (non-hydrogen) atoms. The van der Waals surface area contributed by atoms with E-state index >= 15 is 0 Å². The lowest BCUT2D eigenvalue weighted by molar-refractivity contribution is -0.192. The van der Waals surface area contributed by atoms with Crippen molar-refractivity contribution in [2.24, 2.45) is 0 Å². The van der Waals surface area contributed by atoms with Crippen molar-refractivity contribution < 1.29 is 27.8 Å². The largest absolute Gasteiger partial charge is 0.490 e. The first-order valence-corrected chi connectivity index (χ1v) is 8.16. The highest BCUT2D eigenvalue weighted by Gasteiger charge is 2.38. The van der Waals surface area contributed by atoms with Crippen molar-refractivity contribution in [3.8, 4) is 11.6 Å². The lowest BCUT2D eigenvalue weighted by Gasteiger charge is -2.12. The van der Waals surface area contributed by atoms with Crippen molar-refractivity contribution in [3.05, 3.63) is 41.6 Å². The van der Waals surface area contributed by atoms with Crippen LogP contribution in [-0.4, -0.2) is 46.4 Å². The fourth-order valence-electron chi connectivity index (χ4n) is 2.05. The van der Waals surface area contributed by atoms with E-state index in [2.05, 4.69) is 20.6 Å². The van der Waals surface area contributed by atoms with Gasteiger partial charge >= 0.3 is 12.1 Å². The second-order valence-electron chi connectivity index (χ2n) is 5.40. The number of aliphatic carboxylic acids is 1. The molecule has 1 aromatic heterocycles. The Kier molecular flexibility index (Phi) is 7.19. The van der Waals surface area contributed by atoms with Crippen LogP contribution in [0.1, 0.15) is 6.42 Å². The molecule has 0 spiro atoms.